The van der Waals surface area contributed by atoms with Crippen LogP contribution >= 0.6 is 11.6 Å². The summed E-state index contributed by atoms with van der Waals surface area (Å²) in [6, 6.07) is 1.75. The Bertz CT molecular complexity index is 507. The van der Waals surface area contributed by atoms with Crippen molar-refractivity contribution in [2.24, 2.45) is 0 Å². The molecule has 15 heavy (non-hydrogen) atoms. The SMILES string of the molecule is CCOC(=O)c1c[nH]c2ccnc(Cl)c12. The number of pyridine rings is 1. The highest BCUT2D eigenvalue weighted by Gasteiger charge is 2.15. The maximum atomic E-state index is 11.5. The summed E-state index contributed by atoms with van der Waals surface area (Å²) in [5, 5.41) is 0.911. The van der Waals surface area contributed by atoms with Crippen LogP contribution in [0.5, 0.6) is 0 Å². The van der Waals surface area contributed by atoms with Crippen molar-refractivity contribution >= 4 is 28.5 Å². The van der Waals surface area contributed by atoms with Gasteiger partial charge in [0.15, 0.2) is 0 Å². The van der Waals surface area contributed by atoms with Crippen LogP contribution in [0.4, 0.5) is 0 Å². The first-order valence-electron chi connectivity index (χ1n) is 4.52. The second-order valence-electron chi connectivity index (χ2n) is 2.95. The normalized spacial score (nSPS) is 10.5. The molecule has 78 valence electrons. The first-order valence-corrected chi connectivity index (χ1v) is 4.90. The predicted molar refractivity (Wildman–Crippen MR) is 57.1 cm³/mol. The fourth-order valence-electron chi connectivity index (χ4n) is 1.40. The van der Waals surface area contributed by atoms with Gasteiger partial charge in [0.25, 0.3) is 0 Å². The van der Waals surface area contributed by atoms with Gasteiger partial charge in [0.05, 0.1) is 23.1 Å². The van der Waals surface area contributed by atoms with Gasteiger partial charge in [-0.2, -0.15) is 0 Å². The minimum atomic E-state index is -0.390. The van der Waals surface area contributed by atoms with Crippen LogP contribution < -0.4 is 0 Å². The van der Waals surface area contributed by atoms with E-state index in [-0.39, 0.29) is 0 Å². The number of aromatic amines is 1. The summed E-state index contributed by atoms with van der Waals surface area (Å²) in [5.41, 5.74) is 1.20. The molecule has 0 unspecified atom stereocenters. The average Bonchev–Trinajstić information content (AvgIpc) is 2.63. The average molecular weight is 225 g/mol. The predicted octanol–water partition coefficient (Wildman–Crippen LogP) is 2.39. The van der Waals surface area contributed by atoms with E-state index in [4.69, 9.17) is 16.3 Å². The third-order valence-electron chi connectivity index (χ3n) is 2.04. The molecule has 4 nitrogen and oxygen atoms in total. The molecule has 2 rings (SSSR count). The van der Waals surface area contributed by atoms with E-state index < -0.39 is 5.97 Å². The molecular formula is C10H9ClN2O2. The van der Waals surface area contributed by atoms with E-state index in [0.29, 0.717) is 22.7 Å². The second kappa shape index (κ2) is 3.90. The zero-order valence-corrected chi connectivity index (χ0v) is 8.84. The van der Waals surface area contributed by atoms with Crippen molar-refractivity contribution in [2.45, 2.75) is 6.92 Å². The zero-order valence-electron chi connectivity index (χ0n) is 8.08. The summed E-state index contributed by atoms with van der Waals surface area (Å²) in [4.78, 5) is 18.4. The lowest BCUT2D eigenvalue weighted by atomic mass is 10.2. The Morgan fingerprint density at radius 1 is 1.67 bits per heavy atom. The number of ether oxygens (including phenoxy) is 1. The van der Waals surface area contributed by atoms with Gasteiger partial charge in [0.1, 0.15) is 5.15 Å². The molecule has 0 fully saturated rings. The third-order valence-corrected chi connectivity index (χ3v) is 2.33. The van der Waals surface area contributed by atoms with Crippen molar-refractivity contribution in [1.82, 2.24) is 9.97 Å². The van der Waals surface area contributed by atoms with E-state index in [9.17, 15) is 4.79 Å². The molecular weight excluding hydrogens is 216 g/mol. The van der Waals surface area contributed by atoms with Gasteiger partial charge in [0.2, 0.25) is 0 Å². The Morgan fingerprint density at radius 2 is 2.47 bits per heavy atom. The summed E-state index contributed by atoms with van der Waals surface area (Å²) in [7, 11) is 0. The maximum absolute atomic E-state index is 11.5. The molecule has 0 atom stereocenters. The summed E-state index contributed by atoms with van der Waals surface area (Å²) in [6.45, 7) is 2.09. The van der Waals surface area contributed by atoms with Crippen molar-refractivity contribution in [3.63, 3.8) is 0 Å². The summed E-state index contributed by atoms with van der Waals surface area (Å²) >= 11 is 5.91. The second-order valence-corrected chi connectivity index (χ2v) is 3.31. The molecule has 0 saturated carbocycles. The van der Waals surface area contributed by atoms with E-state index in [2.05, 4.69) is 9.97 Å². The summed E-state index contributed by atoms with van der Waals surface area (Å²) in [5.74, 6) is -0.390. The lowest BCUT2D eigenvalue weighted by Crippen LogP contribution is -2.03. The van der Waals surface area contributed by atoms with Crippen molar-refractivity contribution in [3.8, 4) is 0 Å². The number of halogens is 1. The van der Waals surface area contributed by atoms with Crippen LogP contribution in [0.3, 0.4) is 0 Å². The Balaban J connectivity index is 2.57. The van der Waals surface area contributed by atoms with E-state index in [1.54, 1.807) is 25.4 Å². The molecule has 0 aliphatic heterocycles. The zero-order chi connectivity index (χ0) is 10.8. The van der Waals surface area contributed by atoms with E-state index in [1.807, 2.05) is 0 Å². The van der Waals surface area contributed by atoms with E-state index in [1.165, 1.54) is 0 Å². The number of carbonyl (C=O) groups excluding carboxylic acids is 1. The van der Waals surface area contributed by atoms with Crippen LogP contribution in [0.2, 0.25) is 5.15 Å². The highest BCUT2D eigenvalue weighted by Crippen LogP contribution is 2.24. The Hall–Kier alpha value is -1.55. The number of nitrogens with zero attached hydrogens (tertiary/aromatic N) is 1. The maximum Gasteiger partial charge on any atom is 0.340 e. The van der Waals surface area contributed by atoms with Crippen LogP contribution in [0.25, 0.3) is 10.9 Å². The van der Waals surface area contributed by atoms with Crippen molar-refractivity contribution in [2.75, 3.05) is 6.61 Å². The lowest BCUT2D eigenvalue weighted by molar-refractivity contribution is 0.0528. The molecule has 0 bridgehead atoms. The van der Waals surface area contributed by atoms with Gasteiger partial charge in [-0.25, -0.2) is 9.78 Å². The minimum Gasteiger partial charge on any atom is -0.462 e. The van der Waals surface area contributed by atoms with Crippen LogP contribution in [0.15, 0.2) is 18.5 Å². The molecule has 0 aromatic carbocycles. The molecule has 0 spiro atoms. The summed E-state index contributed by atoms with van der Waals surface area (Å²) < 4.78 is 4.90. The van der Waals surface area contributed by atoms with Crippen molar-refractivity contribution in [1.29, 1.82) is 0 Å². The van der Waals surface area contributed by atoms with Gasteiger partial charge in [-0.15, -0.1) is 0 Å². The van der Waals surface area contributed by atoms with Gasteiger partial charge in [-0.1, -0.05) is 11.6 Å². The number of H-pyrrole nitrogens is 1. The Labute approximate surface area is 91.2 Å². The van der Waals surface area contributed by atoms with Crippen LogP contribution in [-0.4, -0.2) is 22.5 Å². The standard InChI is InChI=1S/C10H9ClN2O2/c1-2-15-10(14)6-5-13-7-3-4-12-9(11)8(6)7/h3-5,13H,2H2,1H3. The fraction of sp³-hybridized carbons (Fsp3) is 0.200. The van der Waals surface area contributed by atoms with Gasteiger partial charge in [-0.3, -0.25) is 0 Å². The van der Waals surface area contributed by atoms with Crippen LogP contribution in [0.1, 0.15) is 17.3 Å². The van der Waals surface area contributed by atoms with E-state index >= 15 is 0 Å². The van der Waals surface area contributed by atoms with Gasteiger partial charge in [0, 0.05) is 12.4 Å². The number of rotatable bonds is 2. The van der Waals surface area contributed by atoms with Crippen molar-refractivity contribution < 1.29 is 9.53 Å². The molecule has 2 heterocycles. The first-order chi connectivity index (χ1) is 7.24. The number of carbonyl (C=O) groups is 1. The molecule has 0 aliphatic rings. The van der Waals surface area contributed by atoms with Gasteiger partial charge < -0.3 is 9.72 Å². The molecule has 2 aromatic rings. The minimum absolute atomic E-state index is 0.303. The quantitative estimate of drug-likeness (QED) is 0.630. The third kappa shape index (κ3) is 1.68. The van der Waals surface area contributed by atoms with Crippen molar-refractivity contribution in [3.05, 3.63) is 29.2 Å². The molecule has 0 saturated heterocycles. The number of aromatic nitrogens is 2. The smallest absolute Gasteiger partial charge is 0.340 e. The van der Waals surface area contributed by atoms with Crippen LogP contribution in [-0.2, 0) is 4.74 Å². The molecule has 0 radical (unpaired) electrons. The number of hydrogen-bond donors (Lipinski definition) is 1. The van der Waals surface area contributed by atoms with Crippen LogP contribution in [0, 0.1) is 0 Å². The molecule has 0 aliphatic carbocycles. The Morgan fingerprint density at radius 3 is 3.20 bits per heavy atom. The monoisotopic (exact) mass is 224 g/mol. The highest BCUT2D eigenvalue weighted by molar-refractivity contribution is 6.35. The molecule has 2 aromatic heterocycles. The molecule has 1 N–H and O–H groups in total. The van der Waals surface area contributed by atoms with Gasteiger partial charge in [-0.05, 0) is 13.0 Å². The lowest BCUT2D eigenvalue weighted by Gasteiger charge is -2.00. The number of fused-ring (bicyclic) bond motifs is 1. The first kappa shape index (κ1) is 9.98. The highest BCUT2D eigenvalue weighted by atomic mass is 35.5. The number of hydrogen-bond acceptors (Lipinski definition) is 3. The Kier molecular flexibility index (Phi) is 2.60. The van der Waals surface area contributed by atoms with Gasteiger partial charge >= 0.3 is 5.97 Å². The number of nitrogens with one attached hydrogen (secondary N) is 1. The molecule has 5 heteroatoms. The summed E-state index contributed by atoms with van der Waals surface area (Å²) in [6.07, 6.45) is 3.16. The van der Waals surface area contributed by atoms with E-state index in [0.717, 1.165) is 5.52 Å². The topological polar surface area (TPSA) is 55.0 Å². The number of esters is 1. The largest absolute Gasteiger partial charge is 0.462 e. The molecule has 0 amide bonds. The fourth-order valence-corrected chi connectivity index (χ4v) is 1.66.